The third kappa shape index (κ3) is 3.98. The van der Waals surface area contributed by atoms with Gasteiger partial charge in [0.2, 0.25) is 0 Å². The fraction of sp³-hybridized carbons (Fsp3) is 0.217. The molecule has 2 aromatic rings. The van der Waals surface area contributed by atoms with E-state index < -0.39 is 5.97 Å². The van der Waals surface area contributed by atoms with Gasteiger partial charge in [-0.25, -0.2) is 4.79 Å². The highest BCUT2D eigenvalue weighted by Crippen LogP contribution is 2.38. The SMILES string of the molecule is COC(=O)C1=C(C)N([C@H](C)c2ccccc2)C(=O)/C1=C\c1cc(Br)ccc1OC. The van der Waals surface area contributed by atoms with E-state index in [0.717, 1.165) is 10.0 Å². The number of halogens is 1. The third-order valence-corrected chi connectivity index (χ3v) is 5.49. The molecule has 2 aromatic carbocycles. The first-order valence-corrected chi connectivity index (χ1v) is 9.91. The molecule has 0 aliphatic carbocycles. The van der Waals surface area contributed by atoms with Crippen LogP contribution < -0.4 is 4.74 Å². The van der Waals surface area contributed by atoms with E-state index in [0.29, 0.717) is 17.0 Å². The van der Waals surface area contributed by atoms with Crippen LogP contribution in [0, 0.1) is 0 Å². The maximum Gasteiger partial charge on any atom is 0.340 e. The molecule has 5 nitrogen and oxygen atoms in total. The smallest absolute Gasteiger partial charge is 0.340 e. The Balaban J connectivity index is 2.14. The first kappa shape index (κ1) is 20.9. The summed E-state index contributed by atoms with van der Waals surface area (Å²) in [6.45, 7) is 3.71. The van der Waals surface area contributed by atoms with Gasteiger partial charge in [0.25, 0.3) is 5.91 Å². The lowest BCUT2D eigenvalue weighted by Crippen LogP contribution is -2.28. The third-order valence-electron chi connectivity index (χ3n) is 4.99. The van der Waals surface area contributed by atoms with Crippen LogP contribution in [-0.4, -0.2) is 31.0 Å². The maximum atomic E-state index is 13.4. The number of esters is 1. The largest absolute Gasteiger partial charge is 0.496 e. The minimum absolute atomic E-state index is 0.237. The lowest BCUT2D eigenvalue weighted by Gasteiger charge is -2.26. The van der Waals surface area contributed by atoms with Crippen molar-refractivity contribution < 1.29 is 19.1 Å². The molecular formula is C23H22BrNO4. The highest BCUT2D eigenvalue weighted by molar-refractivity contribution is 9.10. The second-order valence-corrected chi connectivity index (χ2v) is 7.57. The summed E-state index contributed by atoms with van der Waals surface area (Å²) in [6, 6.07) is 15.0. The van der Waals surface area contributed by atoms with Crippen molar-refractivity contribution in [3.8, 4) is 5.75 Å². The molecule has 150 valence electrons. The van der Waals surface area contributed by atoms with Crippen LogP contribution in [0.4, 0.5) is 0 Å². The van der Waals surface area contributed by atoms with Crippen molar-refractivity contribution in [2.75, 3.05) is 14.2 Å². The van der Waals surface area contributed by atoms with Crippen LogP contribution in [0.2, 0.25) is 0 Å². The number of carbonyl (C=O) groups excluding carboxylic acids is 2. The number of allylic oxidation sites excluding steroid dienone is 1. The lowest BCUT2D eigenvalue weighted by molar-refractivity contribution is -0.136. The van der Waals surface area contributed by atoms with E-state index in [1.165, 1.54) is 7.11 Å². The highest BCUT2D eigenvalue weighted by Gasteiger charge is 2.39. The molecule has 0 N–H and O–H groups in total. The number of ether oxygens (including phenoxy) is 2. The second-order valence-electron chi connectivity index (χ2n) is 6.66. The van der Waals surface area contributed by atoms with Crippen molar-refractivity contribution in [3.05, 3.63) is 81.0 Å². The van der Waals surface area contributed by atoms with Crippen LogP contribution in [-0.2, 0) is 14.3 Å². The Labute approximate surface area is 178 Å². The Kier molecular flexibility index (Phi) is 6.23. The zero-order chi connectivity index (χ0) is 21.1. The van der Waals surface area contributed by atoms with Crippen LogP contribution in [0.15, 0.2) is 69.8 Å². The van der Waals surface area contributed by atoms with E-state index in [9.17, 15) is 9.59 Å². The molecular weight excluding hydrogens is 434 g/mol. The van der Waals surface area contributed by atoms with Crippen LogP contribution in [0.25, 0.3) is 6.08 Å². The molecule has 0 unspecified atom stereocenters. The predicted molar refractivity (Wildman–Crippen MR) is 115 cm³/mol. The van der Waals surface area contributed by atoms with Gasteiger partial charge in [0.15, 0.2) is 0 Å². The van der Waals surface area contributed by atoms with Gasteiger partial charge >= 0.3 is 5.97 Å². The average Bonchev–Trinajstić information content (AvgIpc) is 2.97. The van der Waals surface area contributed by atoms with Gasteiger partial charge in [0, 0.05) is 15.7 Å². The van der Waals surface area contributed by atoms with E-state index in [1.807, 2.05) is 49.4 Å². The number of amides is 1. The number of benzene rings is 2. The van der Waals surface area contributed by atoms with Crippen molar-refractivity contribution >= 4 is 33.9 Å². The molecule has 1 aliphatic rings. The van der Waals surface area contributed by atoms with Crippen molar-refractivity contribution in [2.24, 2.45) is 0 Å². The molecule has 3 rings (SSSR count). The van der Waals surface area contributed by atoms with Gasteiger partial charge < -0.3 is 14.4 Å². The fourth-order valence-electron chi connectivity index (χ4n) is 3.52. The van der Waals surface area contributed by atoms with Crippen LogP contribution in [0.5, 0.6) is 5.75 Å². The van der Waals surface area contributed by atoms with E-state index in [-0.39, 0.29) is 23.1 Å². The number of hydrogen-bond acceptors (Lipinski definition) is 4. The average molecular weight is 456 g/mol. The molecule has 0 spiro atoms. The Morgan fingerprint density at radius 3 is 2.45 bits per heavy atom. The molecule has 0 aromatic heterocycles. The maximum absolute atomic E-state index is 13.4. The number of methoxy groups -OCH3 is 2. The van der Waals surface area contributed by atoms with E-state index in [2.05, 4.69) is 15.9 Å². The predicted octanol–water partition coefficient (Wildman–Crippen LogP) is 4.89. The molecule has 6 heteroatoms. The first-order chi connectivity index (χ1) is 13.9. The summed E-state index contributed by atoms with van der Waals surface area (Å²) in [5, 5.41) is 0. The Morgan fingerprint density at radius 1 is 1.14 bits per heavy atom. The van der Waals surface area contributed by atoms with Crippen molar-refractivity contribution in [1.29, 1.82) is 0 Å². The Hall–Kier alpha value is -2.86. The van der Waals surface area contributed by atoms with Crippen molar-refractivity contribution in [3.63, 3.8) is 0 Å². The summed E-state index contributed by atoms with van der Waals surface area (Å²) >= 11 is 3.44. The van der Waals surface area contributed by atoms with Crippen LogP contribution >= 0.6 is 15.9 Å². The molecule has 0 radical (unpaired) electrons. The molecule has 0 bridgehead atoms. The molecule has 0 saturated heterocycles. The summed E-state index contributed by atoms with van der Waals surface area (Å²) in [7, 11) is 2.88. The monoisotopic (exact) mass is 455 g/mol. The molecule has 1 heterocycles. The summed E-state index contributed by atoms with van der Waals surface area (Å²) in [4.78, 5) is 27.6. The minimum Gasteiger partial charge on any atom is -0.496 e. The first-order valence-electron chi connectivity index (χ1n) is 9.12. The molecule has 0 fully saturated rings. The Morgan fingerprint density at radius 2 is 1.83 bits per heavy atom. The summed E-state index contributed by atoms with van der Waals surface area (Å²) < 4.78 is 11.2. The highest BCUT2D eigenvalue weighted by atomic mass is 79.9. The molecule has 1 amide bonds. The van der Waals surface area contributed by atoms with Gasteiger partial charge in [-0.3, -0.25) is 4.79 Å². The van der Waals surface area contributed by atoms with E-state index in [4.69, 9.17) is 9.47 Å². The molecule has 29 heavy (non-hydrogen) atoms. The van der Waals surface area contributed by atoms with Gasteiger partial charge in [-0.2, -0.15) is 0 Å². The summed E-state index contributed by atoms with van der Waals surface area (Å²) in [5.41, 5.74) is 2.79. The van der Waals surface area contributed by atoms with Gasteiger partial charge in [-0.15, -0.1) is 0 Å². The lowest BCUT2D eigenvalue weighted by atomic mass is 10.0. The van der Waals surface area contributed by atoms with Gasteiger partial charge in [-0.1, -0.05) is 46.3 Å². The summed E-state index contributed by atoms with van der Waals surface area (Å²) in [6.07, 6.45) is 1.68. The number of rotatable bonds is 5. The fourth-order valence-corrected chi connectivity index (χ4v) is 3.90. The van der Waals surface area contributed by atoms with Gasteiger partial charge in [-0.05, 0) is 43.7 Å². The quantitative estimate of drug-likeness (QED) is 0.475. The molecule has 1 aliphatic heterocycles. The van der Waals surface area contributed by atoms with E-state index >= 15 is 0 Å². The number of hydrogen-bond donors (Lipinski definition) is 0. The van der Waals surface area contributed by atoms with Crippen molar-refractivity contribution in [2.45, 2.75) is 19.9 Å². The zero-order valence-corrected chi connectivity index (χ0v) is 18.3. The topological polar surface area (TPSA) is 55.8 Å². The Bertz CT molecular complexity index is 1010. The number of nitrogens with zero attached hydrogens (tertiary/aromatic N) is 1. The second kappa shape index (κ2) is 8.66. The minimum atomic E-state index is -0.543. The molecule has 1 atom stereocenters. The zero-order valence-electron chi connectivity index (χ0n) is 16.7. The summed E-state index contributed by atoms with van der Waals surface area (Å²) in [5.74, 6) is -0.190. The van der Waals surface area contributed by atoms with Crippen LogP contribution in [0.1, 0.15) is 31.0 Å². The van der Waals surface area contributed by atoms with Crippen LogP contribution in [0.3, 0.4) is 0 Å². The van der Waals surface area contributed by atoms with Gasteiger partial charge in [0.05, 0.1) is 31.4 Å². The standard InChI is InChI=1S/C23H22BrNO4/c1-14(16-8-6-5-7-9-16)25-15(2)21(23(27)29-4)19(22(25)26)13-17-12-18(24)10-11-20(17)28-3/h5-14H,1-4H3/b19-13-/t14-/m1/s1. The van der Waals surface area contributed by atoms with E-state index in [1.54, 1.807) is 31.1 Å². The van der Waals surface area contributed by atoms with Crippen molar-refractivity contribution in [1.82, 2.24) is 4.90 Å². The normalized spacial score (nSPS) is 16.4. The van der Waals surface area contributed by atoms with Gasteiger partial charge in [0.1, 0.15) is 5.75 Å². The molecule has 0 saturated carbocycles. The number of carbonyl (C=O) groups is 2.